The van der Waals surface area contributed by atoms with Crippen LogP contribution in [0.5, 0.6) is 11.6 Å². The van der Waals surface area contributed by atoms with Crippen molar-refractivity contribution in [3.05, 3.63) is 70.6 Å². The second-order valence-electron chi connectivity index (χ2n) is 7.76. The molecule has 0 aliphatic heterocycles. The lowest BCUT2D eigenvalue weighted by molar-refractivity contribution is -0.118. The molecule has 0 aliphatic carbocycles. The zero-order valence-electron chi connectivity index (χ0n) is 19.1. The average molecular weight is 507 g/mol. The summed E-state index contributed by atoms with van der Waals surface area (Å²) in [4.78, 5) is 16.8. The molecule has 10 heteroatoms. The largest absolute Gasteiger partial charge is 0.495 e. The molecule has 1 N–H and O–H groups in total. The molecule has 0 radical (unpaired) electrons. The molecule has 3 aromatic rings. The summed E-state index contributed by atoms with van der Waals surface area (Å²) < 4.78 is 52.6. The molecule has 0 spiro atoms. The number of carbonyl (C=O) groups is 1. The second-order valence-corrected chi connectivity index (χ2v) is 9.85. The van der Waals surface area contributed by atoms with E-state index in [0.717, 1.165) is 0 Å². The van der Waals surface area contributed by atoms with E-state index in [4.69, 9.17) is 21.1 Å². The van der Waals surface area contributed by atoms with Crippen molar-refractivity contribution in [2.24, 2.45) is 0 Å². The molecule has 0 bridgehead atoms. The lowest BCUT2D eigenvalue weighted by atomic mass is 9.88. The number of nitrogens with one attached hydrogen (secondary N) is 1. The second kappa shape index (κ2) is 10.4. The van der Waals surface area contributed by atoms with Gasteiger partial charge in [-0.3, -0.25) is 4.79 Å². The molecule has 180 valence electrons. The van der Waals surface area contributed by atoms with Crippen LogP contribution in [0.1, 0.15) is 30.9 Å². The number of methoxy groups -OCH3 is 2. The summed E-state index contributed by atoms with van der Waals surface area (Å²) in [5.41, 5.74) is 2.11. The number of halogens is 2. The monoisotopic (exact) mass is 506 g/mol. The van der Waals surface area contributed by atoms with Crippen molar-refractivity contribution in [2.75, 3.05) is 14.2 Å². The predicted octanol–water partition coefficient (Wildman–Crippen LogP) is 4.73. The molecule has 34 heavy (non-hydrogen) atoms. The van der Waals surface area contributed by atoms with Gasteiger partial charge in [0.15, 0.2) is 0 Å². The number of sulfonamides is 1. The van der Waals surface area contributed by atoms with Gasteiger partial charge in [-0.1, -0.05) is 25.4 Å². The third kappa shape index (κ3) is 5.66. The van der Waals surface area contributed by atoms with Crippen molar-refractivity contribution in [3.63, 3.8) is 0 Å². The van der Waals surface area contributed by atoms with E-state index in [1.54, 1.807) is 12.1 Å². The Morgan fingerprint density at radius 3 is 2.50 bits per heavy atom. The number of aromatic nitrogens is 1. The van der Waals surface area contributed by atoms with Gasteiger partial charge < -0.3 is 9.47 Å². The quantitative estimate of drug-likeness (QED) is 0.474. The van der Waals surface area contributed by atoms with E-state index in [9.17, 15) is 17.6 Å². The first-order valence-electron chi connectivity index (χ1n) is 10.3. The normalized spacial score (nSPS) is 11.4. The van der Waals surface area contributed by atoms with E-state index in [2.05, 4.69) is 9.71 Å². The van der Waals surface area contributed by atoms with Crippen LogP contribution in [0, 0.1) is 5.82 Å². The summed E-state index contributed by atoms with van der Waals surface area (Å²) in [6, 6.07) is 9.92. The maximum absolute atomic E-state index is 14.5. The van der Waals surface area contributed by atoms with E-state index in [-0.39, 0.29) is 28.0 Å². The average Bonchev–Trinajstić information content (AvgIpc) is 2.79. The molecule has 7 nitrogen and oxygen atoms in total. The number of hydrogen-bond acceptors (Lipinski definition) is 6. The van der Waals surface area contributed by atoms with Crippen LogP contribution in [0.25, 0.3) is 11.1 Å². The molecular weight excluding hydrogens is 483 g/mol. The van der Waals surface area contributed by atoms with Gasteiger partial charge in [0.2, 0.25) is 11.8 Å². The third-order valence-electron chi connectivity index (χ3n) is 5.13. The number of pyridine rings is 1. The summed E-state index contributed by atoms with van der Waals surface area (Å²) in [6.07, 6.45) is 1.21. The Balaban J connectivity index is 2.02. The number of nitrogens with zero attached hydrogens (tertiary/aromatic N) is 1. The first kappa shape index (κ1) is 25.5. The van der Waals surface area contributed by atoms with Gasteiger partial charge in [0.05, 0.1) is 20.6 Å². The maximum Gasteiger partial charge on any atom is 0.267 e. The number of benzene rings is 2. The number of carbonyl (C=O) groups excluding carboxylic acids is 1. The number of ether oxygens (including phenoxy) is 2. The Morgan fingerprint density at radius 1 is 1.12 bits per heavy atom. The van der Waals surface area contributed by atoms with Gasteiger partial charge in [0, 0.05) is 23.4 Å². The highest BCUT2D eigenvalue weighted by Gasteiger charge is 2.25. The van der Waals surface area contributed by atoms with Crippen LogP contribution in [0.4, 0.5) is 4.39 Å². The van der Waals surface area contributed by atoms with E-state index in [1.807, 2.05) is 13.8 Å². The van der Waals surface area contributed by atoms with Crippen LogP contribution in [0.3, 0.4) is 0 Å². The summed E-state index contributed by atoms with van der Waals surface area (Å²) in [6.45, 7) is 3.73. The lowest BCUT2D eigenvalue weighted by Crippen LogP contribution is -2.32. The minimum atomic E-state index is -4.26. The molecule has 1 aromatic heterocycles. The summed E-state index contributed by atoms with van der Waals surface area (Å²) in [7, 11) is -1.50. The molecule has 0 atom stereocenters. The van der Waals surface area contributed by atoms with Crippen molar-refractivity contribution in [1.82, 2.24) is 9.71 Å². The zero-order valence-corrected chi connectivity index (χ0v) is 20.6. The smallest absolute Gasteiger partial charge is 0.267 e. The fourth-order valence-electron chi connectivity index (χ4n) is 3.58. The molecule has 1 amide bonds. The molecular formula is C24H24ClFN2O5S. The topological polar surface area (TPSA) is 94.6 Å². The fourth-order valence-corrected chi connectivity index (χ4v) is 4.88. The van der Waals surface area contributed by atoms with Crippen molar-refractivity contribution >= 4 is 27.5 Å². The first-order valence-corrected chi connectivity index (χ1v) is 12.1. The molecule has 3 rings (SSSR count). The SMILES string of the molecule is COc1cc(-c2cc(F)cc(C(C)C)c2CC(=O)NS(=O)(=O)c2ccc(Cl)cc2OC)ccn1. The van der Waals surface area contributed by atoms with Crippen LogP contribution in [0.15, 0.2) is 53.6 Å². The fraction of sp³-hybridized carbons (Fsp3) is 0.250. The summed E-state index contributed by atoms with van der Waals surface area (Å²) >= 11 is 5.91. The summed E-state index contributed by atoms with van der Waals surface area (Å²) in [5.74, 6) is -1.07. The van der Waals surface area contributed by atoms with Crippen LogP contribution in [-0.4, -0.2) is 33.5 Å². The van der Waals surface area contributed by atoms with Gasteiger partial charge in [-0.15, -0.1) is 0 Å². The molecule has 0 unspecified atom stereocenters. The van der Waals surface area contributed by atoms with Crippen molar-refractivity contribution in [3.8, 4) is 22.8 Å². The van der Waals surface area contributed by atoms with Gasteiger partial charge in [0.25, 0.3) is 10.0 Å². The Hall–Kier alpha value is -3.17. The first-order chi connectivity index (χ1) is 16.1. The standard InChI is InChI=1S/C24H24ClFN2O5S/c1-14(2)18-11-17(26)12-19(15-7-8-27-24(9-15)33-4)20(18)13-23(29)28-34(30,31)22-6-5-16(25)10-21(22)32-3/h5-12,14H,13H2,1-4H3,(H,28,29). The highest BCUT2D eigenvalue weighted by molar-refractivity contribution is 7.90. The van der Waals surface area contributed by atoms with Gasteiger partial charge in [-0.25, -0.2) is 22.5 Å². The Labute approximate surface area is 202 Å². The number of rotatable bonds is 8. The van der Waals surface area contributed by atoms with Crippen LogP contribution < -0.4 is 14.2 Å². The summed E-state index contributed by atoms with van der Waals surface area (Å²) in [5, 5.41) is 0.285. The Bertz CT molecular complexity index is 1330. The van der Waals surface area contributed by atoms with Gasteiger partial charge >= 0.3 is 0 Å². The Morgan fingerprint density at radius 2 is 1.85 bits per heavy atom. The molecule has 1 heterocycles. The number of hydrogen-bond donors (Lipinski definition) is 1. The number of amides is 1. The van der Waals surface area contributed by atoms with Gasteiger partial charge in [-0.05, 0) is 58.5 Å². The van der Waals surface area contributed by atoms with Crippen molar-refractivity contribution in [1.29, 1.82) is 0 Å². The predicted molar refractivity (Wildman–Crippen MR) is 127 cm³/mol. The van der Waals surface area contributed by atoms with E-state index >= 15 is 0 Å². The van der Waals surface area contributed by atoms with Gasteiger partial charge in [0.1, 0.15) is 16.5 Å². The van der Waals surface area contributed by atoms with Crippen molar-refractivity contribution in [2.45, 2.75) is 31.1 Å². The zero-order chi connectivity index (χ0) is 25.0. The van der Waals surface area contributed by atoms with Crippen LogP contribution in [-0.2, 0) is 21.2 Å². The van der Waals surface area contributed by atoms with Gasteiger partial charge in [-0.2, -0.15) is 0 Å². The molecule has 0 fully saturated rings. The molecule has 0 aliphatic rings. The minimum absolute atomic E-state index is 0.00187. The van der Waals surface area contributed by atoms with E-state index in [0.29, 0.717) is 28.1 Å². The highest BCUT2D eigenvalue weighted by atomic mass is 35.5. The Kier molecular flexibility index (Phi) is 7.78. The molecule has 2 aromatic carbocycles. The van der Waals surface area contributed by atoms with E-state index < -0.39 is 21.7 Å². The minimum Gasteiger partial charge on any atom is -0.495 e. The maximum atomic E-state index is 14.5. The van der Waals surface area contributed by atoms with Crippen molar-refractivity contribution < 1.29 is 27.1 Å². The van der Waals surface area contributed by atoms with E-state index in [1.165, 1.54) is 50.7 Å². The lowest BCUT2D eigenvalue weighted by Gasteiger charge is -2.18. The highest BCUT2D eigenvalue weighted by Crippen LogP contribution is 2.33. The van der Waals surface area contributed by atoms with Crippen LogP contribution in [0.2, 0.25) is 5.02 Å². The molecule has 0 saturated carbocycles. The third-order valence-corrected chi connectivity index (χ3v) is 6.77. The van der Waals surface area contributed by atoms with Crippen LogP contribution >= 0.6 is 11.6 Å². The molecule has 0 saturated heterocycles.